The minimum atomic E-state index is -0.0999. The highest BCUT2D eigenvalue weighted by Crippen LogP contribution is 2.19. The van der Waals surface area contributed by atoms with Crippen LogP contribution in [0.4, 0.5) is 0 Å². The molecule has 0 radical (unpaired) electrons. The van der Waals surface area contributed by atoms with Crippen molar-refractivity contribution in [1.82, 2.24) is 24.1 Å². The highest BCUT2D eigenvalue weighted by molar-refractivity contribution is 5.79. The standard InChI is InChI=1S/C21H17N5O2/c1-14-10-16(24-28-14)11-17-20-21(27)25(12-15-6-4-5-9-22-15)18-7-2-3-8-19(18)26(20)13-23-17/h2-10,13H,11-12H2,1H3. The van der Waals surface area contributed by atoms with Crippen molar-refractivity contribution in [2.45, 2.75) is 19.9 Å². The van der Waals surface area contributed by atoms with Crippen LogP contribution >= 0.6 is 0 Å². The van der Waals surface area contributed by atoms with Crippen LogP contribution in [0.25, 0.3) is 16.6 Å². The van der Waals surface area contributed by atoms with Gasteiger partial charge in [-0.15, -0.1) is 0 Å². The number of benzene rings is 1. The lowest BCUT2D eigenvalue weighted by Crippen LogP contribution is -2.24. The summed E-state index contributed by atoms with van der Waals surface area (Å²) >= 11 is 0. The molecule has 28 heavy (non-hydrogen) atoms. The highest BCUT2D eigenvalue weighted by atomic mass is 16.5. The van der Waals surface area contributed by atoms with E-state index in [0.29, 0.717) is 24.2 Å². The largest absolute Gasteiger partial charge is 0.361 e. The van der Waals surface area contributed by atoms with Gasteiger partial charge in [-0.1, -0.05) is 23.4 Å². The van der Waals surface area contributed by atoms with Gasteiger partial charge in [-0.3, -0.25) is 18.7 Å². The molecule has 0 amide bonds. The summed E-state index contributed by atoms with van der Waals surface area (Å²) in [6.07, 6.45) is 3.87. The molecule has 5 aromatic rings. The van der Waals surface area contributed by atoms with Crippen LogP contribution in [0.5, 0.6) is 0 Å². The van der Waals surface area contributed by atoms with Crippen LogP contribution in [-0.4, -0.2) is 24.1 Å². The second-order valence-corrected chi connectivity index (χ2v) is 6.72. The minimum Gasteiger partial charge on any atom is -0.361 e. The van der Waals surface area contributed by atoms with Crippen molar-refractivity contribution in [1.29, 1.82) is 0 Å². The van der Waals surface area contributed by atoms with Crippen LogP contribution in [0, 0.1) is 6.92 Å². The summed E-state index contributed by atoms with van der Waals surface area (Å²) in [5, 5.41) is 4.04. The number of para-hydroxylation sites is 2. The Morgan fingerprint density at radius 3 is 2.57 bits per heavy atom. The number of fused-ring (bicyclic) bond motifs is 3. The number of imidazole rings is 1. The fourth-order valence-corrected chi connectivity index (χ4v) is 3.54. The molecule has 0 fully saturated rings. The first kappa shape index (κ1) is 16.4. The van der Waals surface area contributed by atoms with E-state index in [1.807, 2.05) is 59.9 Å². The average molecular weight is 371 g/mol. The van der Waals surface area contributed by atoms with Gasteiger partial charge in [0.15, 0.2) is 0 Å². The molecule has 0 N–H and O–H groups in total. The molecule has 0 spiro atoms. The van der Waals surface area contributed by atoms with Gasteiger partial charge in [0.05, 0.1) is 34.7 Å². The van der Waals surface area contributed by atoms with Gasteiger partial charge < -0.3 is 4.52 Å². The van der Waals surface area contributed by atoms with E-state index in [2.05, 4.69) is 15.1 Å². The smallest absolute Gasteiger partial charge is 0.277 e. The van der Waals surface area contributed by atoms with Gasteiger partial charge in [0.2, 0.25) is 0 Å². The van der Waals surface area contributed by atoms with Crippen LogP contribution in [0.3, 0.4) is 0 Å². The third-order valence-electron chi connectivity index (χ3n) is 4.79. The maximum atomic E-state index is 13.5. The number of aryl methyl sites for hydroxylation is 1. The van der Waals surface area contributed by atoms with Crippen LogP contribution in [-0.2, 0) is 13.0 Å². The maximum Gasteiger partial charge on any atom is 0.277 e. The zero-order chi connectivity index (χ0) is 19.1. The summed E-state index contributed by atoms with van der Waals surface area (Å²) in [6, 6.07) is 15.4. The zero-order valence-corrected chi connectivity index (χ0v) is 15.2. The number of hydrogen-bond acceptors (Lipinski definition) is 5. The molecule has 4 heterocycles. The predicted octanol–water partition coefficient (Wildman–Crippen LogP) is 2.98. The van der Waals surface area contributed by atoms with Crippen LogP contribution in [0.15, 0.2) is 70.4 Å². The van der Waals surface area contributed by atoms with Crippen LogP contribution < -0.4 is 5.56 Å². The third kappa shape index (κ3) is 2.68. The summed E-state index contributed by atoms with van der Waals surface area (Å²) in [5.41, 5.74) is 4.47. The minimum absolute atomic E-state index is 0.0999. The Kier molecular flexibility index (Phi) is 3.79. The van der Waals surface area contributed by atoms with Gasteiger partial charge in [0.25, 0.3) is 5.56 Å². The molecule has 138 valence electrons. The zero-order valence-electron chi connectivity index (χ0n) is 15.2. The van der Waals surface area contributed by atoms with Crippen LogP contribution in [0.2, 0.25) is 0 Å². The molecular formula is C21H17N5O2. The third-order valence-corrected chi connectivity index (χ3v) is 4.79. The van der Waals surface area contributed by atoms with Crippen LogP contribution in [0.1, 0.15) is 22.8 Å². The normalized spacial score (nSPS) is 11.5. The number of aromatic nitrogens is 5. The van der Waals surface area contributed by atoms with Gasteiger partial charge in [0.1, 0.15) is 17.6 Å². The van der Waals surface area contributed by atoms with E-state index in [1.54, 1.807) is 17.1 Å². The van der Waals surface area contributed by atoms with Crippen molar-refractivity contribution in [3.63, 3.8) is 0 Å². The predicted molar refractivity (Wildman–Crippen MR) is 104 cm³/mol. The van der Waals surface area contributed by atoms with Crippen molar-refractivity contribution >= 4 is 16.6 Å². The summed E-state index contributed by atoms with van der Waals surface area (Å²) < 4.78 is 8.76. The molecule has 0 saturated carbocycles. The molecule has 0 aliphatic heterocycles. The van der Waals surface area contributed by atoms with E-state index < -0.39 is 0 Å². The summed E-state index contributed by atoms with van der Waals surface area (Å²) in [4.78, 5) is 22.3. The lowest BCUT2D eigenvalue weighted by Gasteiger charge is -2.12. The van der Waals surface area contributed by atoms with Gasteiger partial charge in [-0.25, -0.2) is 4.98 Å². The lowest BCUT2D eigenvalue weighted by molar-refractivity contribution is 0.391. The molecule has 7 heteroatoms. The first-order chi connectivity index (χ1) is 13.7. The summed E-state index contributed by atoms with van der Waals surface area (Å²) in [7, 11) is 0. The fraction of sp³-hybridized carbons (Fsp3) is 0.143. The van der Waals surface area contributed by atoms with Gasteiger partial charge in [0, 0.05) is 18.7 Å². The van der Waals surface area contributed by atoms with Gasteiger partial charge in [-0.2, -0.15) is 0 Å². The molecule has 0 bridgehead atoms. The first-order valence-electron chi connectivity index (χ1n) is 9.00. The second-order valence-electron chi connectivity index (χ2n) is 6.72. The van der Waals surface area contributed by atoms with E-state index in [-0.39, 0.29) is 5.56 Å². The van der Waals surface area contributed by atoms with E-state index in [0.717, 1.165) is 28.2 Å². The Morgan fingerprint density at radius 1 is 1.00 bits per heavy atom. The van der Waals surface area contributed by atoms with E-state index in [4.69, 9.17) is 4.52 Å². The quantitative estimate of drug-likeness (QED) is 0.485. The Morgan fingerprint density at radius 2 is 1.82 bits per heavy atom. The summed E-state index contributed by atoms with van der Waals surface area (Å²) in [5.74, 6) is 0.733. The fourth-order valence-electron chi connectivity index (χ4n) is 3.54. The molecule has 5 rings (SSSR count). The van der Waals surface area contributed by atoms with Crippen molar-refractivity contribution in [2.75, 3.05) is 0 Å². The molecule has 0 unspecified atom stereocenters. The lowest BCUT2D eigenvalue weighted by atomic mass is 10.2. The van der Waals surface area contributed by atoms with Crippen molar-refractivity contribution < 1.29 is 4.52 Å². The highest BCUT2D eigenvalue weighted by Gasteiger charge is 2.17. The maximum absolute atomic E-state index is 13.5. The monoisotopic (exact) mass is 371 g/mol. The Balaban J connectivity index is 1.74. The van der Waals surface area contributed by atoms with E-state index in [1.165, 1.54) is 0 Å². The number of pyridine rings is 1. The molecule has 0 atom stereocenters. The second kappa shape index (κ2) is 6.45. The number of hydrogen-bond donors (Lipinski definition) is 0. The number of nitrogens with zero attached hydrogens (tertiary/aromatic N) is 5. The van der Waals surface area contributed by atoms with Crippen molar-refractivity contribution in [3.8, 4) is 0 Å². The average Bonchev–Trinajstić information content (AvgIpc) is 3.33. The van der Waals surface area contributed by atoms with E-state index >= 15 is 0 Å². The molecule has 1 aromatic carbocycles. The van der Waals surface area contributed by atoms with Crippen molar-refractivity contribution in [3.05, 3.63) is 94.3 Å². The first-order valence-corrected chi connectivity index (χ1v) is 9.00. The Bertz CT molecular complexity index is 1350. The SMILES string of the molecule is Cc1cc(Cc2ncn3c2c(=O)n(Cc2ccccn2)c2ccccc23)no1. The molecule has 0 saturated heterocycles. The number of rotatable bonds is 4. The van der Waals surface area contributed by atoms with Crippen molar-refractivity contribution in [2.24, 2.45) is 0 Å². The van der Waals surface area contributed by atoms with Gasteiger partial charge in [-0.05, 0) is 31.2 Å². The molecular weight excluding hydrogens is 354 g/mol. The molecule has 7 nitrogen and oxygen atoms in total. The Hall–Kier alpha value is -3.74. The Labute approximate surface area is 159 Å². The van der Waals surface area contributed by atoms with Gasteiger partial charge >= 0.3 is 0 Å². The molecule has 0 aliphatic rings. The topological polar surface area (TPSA) is 78.2 Å². The van der Waals surface area contributed by atoms with E-state index in [9.17, 15) is 4.79 Å². The molecule has 4 aromatic heterocycles. The molecule has 0 aliphatic carbocycles. The summed E-state index contributed by atoms with van der Waals surface area (Å²) in [6.45, 7) is 2.24.